The van der Waals surface area contributed by atoms with Crippen molar-refractivity contribution in [2.45, 2.75) is 52.7 Å². The lowest BCUT2D eigenvalue weighted by Crippen LogP contribution is -2.39. The fourth-order valence-corrected chi connectivity index (χ4v) is 3.17. The summed E-state index contributed by atoms with van der Waals surface area (Å²) in [6.45, 7) is 11.4. The van der Waals surface area contributed by atoms with E-state index < -0.39 is 6.10 Å². The van der Waals surface area contributed by atoms with Gasteiger partial charge < -0.3 is 25.8 Å². The van der Waals surface area contributed by atoms with Crippen LogP contribution in [0.15, 0.2) is 47.5 Å². The van der Waals surface area contributed by atoms with Crippen molar-refractivity contribution in [1.82, 2.24) is 10.6 Å². The Labute approximate surface area is 191 Å². The van der Waals surface area contributed by atoms with Crippen LogP contribution in [-0.4, -0.2) is 37.2 Å². The molecule has 0 fully saturated rings. The summed E-state index contributed by atoms with van der Waals surface area (Å²) in [4.78, 5) is 16.0. The summed E-state index contributed by atoms with van der Waals surface area (Å²) in [7, 11) is 1.56. The summed E-state index contributed by atoms with van der Waals surface area (Å²) in [6, 6.07) is 13.6. The third-order valence-corrected chi connectivity index (χ3v) is 4.96. The minimum Gasteiger partial charge on any atom is -0.495 e. The van der Waals surface area contributed by atoms with Crippen molar-refractivity contribution in [1.29, 1.82) is 0 Å². The minimum absolute atomic E-state index is 0.0772. The van der Waals surface area contributed by atoms with Crippen molar-refractivity contribution >= 4 is 17.6 Å². The molecule has 7 nitrogen and oxygen atoms in total. The molecule has 2 aromatic carbocycles. The molecule has 0 saturated carbocycles. The van der Waals surface area contributed by atoms with E-state index in [4.69, 9.17) is 4.74 Å². The van der Waals surface area contributed by atoms with Crippen LogP contribution >= 0.6 is 0 Å². The Bertz CT molecular complexity index is 918. The quantitative estimate of drug-likeness (QED) is 0.371. The summed E-state index contributed by atoms with van der Waals surface area (Å²) in [6.07, 6.45) is -0.653. The number of aliphatic imine (C=N–C) groups is 1. The largest absolute Gasteiger partial charge is 0.495 e. The summed E-state index contributed by atoms with van der Waals surface area (Å²) in [5, 5.41) is 19.8. The van der Waals surface area contributed by atoms with Gasteiger partial charge in [-0.2, -0.15) is 0 Å². The van der Waals surface area contributed by atoms with Gasteiger partial charge in [-0.25, -0.2) is 4.99 Å². The van der Waals surface area contributed by atoms with Crippen molar-refractivity contribution in [2.75, 3.05) is 25.5 Å². The Morgan fingerprint density at radius 2 is 1.81 bits per heavy atom. The predicted octanol–water partition coefficient (Wildman–Crippen LogP) is 3.74. The molecule has 0 aliphatic rings. The summed E-state index contributed by atoms with van der Waals surface area (Å²) >= 11 is 0. The molecule has 7 heteroatoms. The number of carbonyl (C=O) groups is 1. The van der Waals surface area contributed by atoms with Crippen LogP contribution < -0.4 is 20.7 Å². The Hall–Kier alpha value is -3.06. The van der Waals surface area contributed by atoms with Crippen LogP contribution in [0.1, 0.15) is 57.4 Å². The van der Waals surface area contributed by atoms with Crippen LogP contribution in [0.3, 0.4) is 0 Å². The zero-order valence-corrected chi connectivity index (χ0v) is 20.0. The maximum Gasteiger partial charge on any atom is 0.221 e. The second-order valence-corrected chi connectivity index (χ2v) is 8.68. The van der Waals surface area contributed by atoms with Crippen molar-refractivity contribution < 1.29 is 14.6 Å². The van der Waals surface area contributed by atoms with Gasteiger partial charge in [0, 0.05) is 20.0 Å². The van der Waals surface area contributed by atoms with Gasteiger partial charge in [-0.05, 0) is 41.2 Å². The topological polar surface area (TPSA) is 95.0 Å². The second-order valence-electron chi connectivity index (χ2n) is 8.68. The van der Waals surface area contributed by atoms with E-state index in [1.165, 1.54) is 12.5 Å². The van der Waals surface area contributed by atoms with E-state index in [0.29, 0.717) is 37.0 Å². The van der Waals surface area contributed by atoms with Crippen LogP contribution in [0.2, 0.25) is 0 Å². The first-order valence-electron chi connectivity index (χ1n) is 10.9. The van der Waals surface area contributed by atoms with E-state index in [2.05, 4.69) is 53.8 Å². The second kappa shape index (κ2) is 11.5. The highest BCUT2D eigenvalue weighted by molar-refractivity contribution is 5.90. The SMILES string of the molecule is CCNC(=NCc1ccc(OC)c(NC(C)=O)c1)NCC(O)c1ccc(C(C)(C)C)cc1. The first-order valence-corrected chi connectivity index (χ1v) is 10.9. The molecule has 1 amide bonds. The molecule has 2 aromatic rings. The number of amides is 1. The lowest BCUT2D eigenvalue weighted by Gasteiger charge is -2.20. The molecule has 0 aliphatic carbocycles. The molecule has 0 aliphatic heterocycles. The van der Waals surface area contributed by atoms with Gasteiger partial charge in [0.15, 0.2) is 5.96 Å². The maximum atomic E-state index is 11.4. The fourth-order valence-electron chi connectivity index (χ4n) is 3.17. The van der Waals surface area contributed by atoms with Gasteiger partial charge in [-0.15, -0.1) is 0 Å². The van der Waals surface area contributed by atoms with Crippen molar-refractivity contribution in [3.8, 4) is 5.75 Å². The van der Waals surface area contributed by atoms with E-state index in [1.54, 1.807) is 7.11 Å². The standard InChI is InChI=1S/C25H36N4O3/c1-7-26-24(27-15-18-8-13-23(32-6)21(14-18)29-17(2)30)28-16-22(31)19-9-11-20(12-10-19)25(3,4)5/h8-14,22,31H,7,15-16H2,1-6H3,(H,29,30)(H2,26,27,28). The summed E-state index contributed by atoms with van der Waals surface area (Å²) < 4.78 is 5.30. The highest BCUT2D eigenvalue weighted by Crippen LogP contribution is 2.26. The van der Waals surface area contributed by atoms with E-state index in [9.17, 15) is 9.90 Å². The molecule has 174 valence electrons. The predicted molar refractivity (Wildman–Crippen MR) is 130 cm³/mol. The highest BCUT2D eigenvalue weighted by Gasteiger charge is 2.15. The van der Waals surface area contributed by atoms with E-state index in [0.717, 1.165) is 11.1 Å². The number of hydrogen-bond acceptors (Lipinski definition) is 4. The number of benzene rings is 2. The van der Waals surface area contributed by atoms with Crippen LogP contribution in [-0.2, 0) is 16.8 Å². The Balaban J connectivity index is 2.04. The number of aliphatic hydroxyl groups excluding tert-OH is 1. The molecule has 0 radical (unpaired) electrons. The number of ether oxygens (including phenoxy) is 1. The van der Waals surface area contributed by atoms with Gasteiger partial charge >= 0.3 is 0 Å². The lowest BCUT2D eigenvalue weighted by atomic mass is 9.86. The molecule has 32 heavy (non-hydrogen) atoms. The van der Waals surface area contributed by atoms with E-state index in [-0.39, 0.29) is 11.3 Å². The zero-order valence-electron chi connectivity index (χ0n) is 20.0. The molecule has 1 atom stereocenters. The Kier molecular flexibility index (Phi) is 9.08. The number of nitrogens with zero attached hydrogens (tertiary/aromatic N) is 1. The third kappa shape index (κ3) is 7.57. The number of aliphatic hydroxyl groups is 1. The molecular formula is C25H36N4O3. The third-order valence-electron chi connectivity index (χ3n) is 4.96. The summed E-state index contributed by atoms with van der Waals surface area (Å²) in [5.41, 5.74) is 3.70. The summed E-state index contributed by atoms with van der Waals surface area (Å²) in [5.74, 6) is 1.04. The minimum atomic E-state index is -0.653. The van der Waals surface area contributed by atoms with Gasteiger partial charge in [-0.3, -0.25) is 4.79 Å². The first-order chi connectivity index (χ1) is 15.1. The van der Waals surface area contributed by atoms with Crippen molar-refractivity contribution in [3.05, 3.63) is 59.2 Å². The first kappa shape index (κ1) is 25.2. The maximum absolute atomic E-state index is 11.4. The van der Waals surface area contributed by atoms with Crippen LogP contribution in [0, 0.1) is 0 Å². The molecule has 1 unspecified atom stereocenters. The number of carbonyl (C=O) groups excluding carboxylic acids is 1. The van der Waals surface area contributed by atoms with Gasteiger partial charge in [-0.1, -0.05) is 51.1 Å². The van der Waals surface area contributed by atoms with Gasteiger partial charge in [0.05, 0.1) is 25.4 Å². The van der Waals surface area contributed by atoms with Gasteiger partial charge in [0.25, 0.3) is 0 Å². The van der Waals surface area contributed by atoms with Gasteiger partial charge in [0.2, 0.25) is 5.91 Å². The van der Waals surface area contributed by atoms with E-state index in [1.807, 2.05) is 37.3 Å². The molecule has 0 saturated heterocycles. The highest BCUT2D eigenvalue weighted by atomic mass is 16.5. The monoisotopic (exact) mass is 440 g/mol. The number of rotatable bonds is 8. The lowest BCUT2D eigenvalue weighted by molar-refractivity contribution is -0.114. The number of methoxy groups -OCH3 is 1. The molecule has 0 aromatic heterocycles. The van der Waals surface area contributed by atoms with Crippen LogP contribution in [0.25, 0.3) is 0 Å². The van der Waals surface area contributed by atoms with Gasteiger partial charge in [0.1, 0.15) is 5.75 Å². The average molecular weight is 441 g/mol. The molecule has 0 bridgehead atoms. The number of hydrogen-bond donors (Lipinski definition) is 4. The fraction of sp³-hybridized carbons (Fsp3) is 0.440. The number of nitrogens with one attached hydrogen (secondary N) is 3. The smallest absolute Gasteiger partial charge is 0.221 e. The van der Waals surface area contributed by atoms with Crippen LogP contribution in [0.5, 0.6) is 5.75 Å². The number of guanidine groups is 1. The van der Waals surface area contributed by atoms with Crippen LogP contribution in [0.4, 0.5) is 5.69 Å². The Morgan fingerprint density at radius 3 is 2.38 bits per heavy atom. The molecule has 0 heterocycles. The molecule has 4 N–H and O–H groups in total. The van der Waals surface area contributed by atoms with E-state index >= 15 is 0 Å². The average Bonchev–Trinajstić information content (AvgIpc) is 2.74. The molecule has 2 rings (SSSR count). The van der Waals surface area contributed by atoms with Crippen molar-refractivity contribution in [2.24, 2.45) is 4.99 Å². The molecular weight excluding hydrogens is 404 g/mol. The number of anilines is 1. The normalized spacial score (nSPS) is 12.8. The molecule has 0 spiro atoms. The van der Waals surface area contributed by atoms with Crippen molar-refractivity contribution in [3.63, 3.8) is 0 Å². The Morgan fingerprint density at radius 1 is 1.12 bits per heavy atom. The zero-order chi connectivity index (χ0) is 23.7.